The molecule has 2 fully saturated rings. The summed E-state index contributed by atoms with van der Waals surface area (Å²) in [5.74, 6) is 0.157. The summed E-state index contributed by atoms with van der Waals surface area (Å²) in [7, 11) is 0. The Morgan fingerprint density at radius 2 is 1.95 bits per heavy atom. The fourth-order valence-electron chi connectivity index (χ4n) is 3.91. The van der Waals surface area contributed by atoms with E-state index in [1.54, 1.807) is 0 Å². The van der Waals surface area contributed by atoms with Crippen LogP contribution in [0.4, 0.5) is 0 Å². The molecule has 114 valence electrons. The first-order valence-corrected chi connectivity index (χ1v) is 8.25. The van der Waals surface area contributed by atoms with Crippen LogP contribution >= 0.6 is 11.6 Å². The molecular formula is C16H25ClO3. The van der Waals surface area contributed by atoms with Gasteiger partial charge in [-0.1, -0.05) is 49.8 Å². The summed E-state index contributed by atoms with van der Waals surface area (Å²) < 4.78 is 11.6. The normalized spacial score (nSPS) is 41.3. The van der Waals surface area contributed by atoms with Gasteiger partial charge in [-0.05, 0) is 26.2 Å². The van der Waals surface area contributed by atoms with E-state index in [1.165, 1.54) is 32.1 Å². The van der Waals surface area contributed by atoms with Crippen molar-refractivity contribution in [3.05, 3.63) is 11.1 Å². The molecule has 1 saturated carbocycles. The molecule has 0 aromatic heterocycles. The highest BCUT2D eigenvalue weighted by Gasteiger charge is 2.50. The molecule has 4 atom stereocenters. The number of hydrogen-bond acceptors (Lipinski definition) is 3. The van der Waals surface area contributed by atoms with E-state index in [2.05, 4.69) is 0 Å². The largest absolute Gasteiger partial charge is 0.390 e. The minimum atomic E-state index is -0.663. The lowest BCUT2D eigenvalue weighted by molar-refractivity contribution is -0.155. The number of rotatable bonds is 2. The van der Waals surface area contributed by atoms with Crippen LogP contribution < -0.4 is 0 Å². The average Bonchev–Trinajstić information content (AvgIpc) is 2.74. The Labute approximate surface area is 126 Å². The van der Waals surface area contributed by atoms with Crippen LogP contribution in [-0.2, 0) is 9.47 Å². The van der Waals surface area contributed by atoms with E-state index >= 15 is 0 Å². The van der Waals surface area contributed by atoms with Gasteiger partial charge >= 0.3 is 0 Å². The molecule has 0 amide bonds. The third kappa shape index (κ3) is 2.92. The topological polar surface area (TPSA) is 38.7 Å². The SMILES string of the molecule is CC1(C)O[C@H]2[C@H](O)[C@@H](CC3CCCCC3)C=C(Cl)[C@H]2O1. The molecule has 20 heavy (non-hydrogen) atoms. The van der Waals surface area contributed by atoms with Crippen molar-refractivity contribution in [2.24, 2.45) is 11.8 Å². The van der Waals surface area contributed by atoms with Gasteiger partial charge in [-0.15, -0.1) is 0 Å². The summed E-state index contributed by atoms with van der Waals surface area (Å²) in [6.07, 6.45) is 8.46. The monoisotopic (exact) mass is 300 g/mol. The Morgan fingerprint density at radius 3 is 2.65 bits per heavy atom. The maximum atomic E-state index is 10.6. The molecule has 0 bridgehead atoms. The summed E-state index contributed by atoms with van der Waals surface area (Å²) in [6, 6.07) is 0. The van der Waals surface area contributed by atoms with Crippen LogP contribution in [0.15, 0.2) is 11.1 Å². The highest BCUT2D eigenvalue weighted by molar-refractivity contribution is 6.30. The zero-order valence-electron chi connectivity index (χ0n) is 12.3. The van der Waals surface area contributed by atoms with E-state index in [0.29, 0.717) is 5.03 Å². The lowest BCUT2D eigenvalue weighted by Gasteiger charge is -2.35. The van der Waals surface area contributed by atoms with E-state index < -0.39 is 11.9 Å². The number of hydrogen-bond donors (Lipinski definition) is 1. The molecule has 1 saturated heterocycles. The summed E-state index contributed by atoms with van der Waals surface area (Å²) >= 11 is 6.37. The fraction of sp³-hybridized carbons (Fsp3) is 0.875. The Bertz CT molecular complexity index is 387. The predicted octanol–water partition coefficient (Wildman–Crippen LogP) is 3.59. The molecule has 2 aliphatic carbocycles. The second kappa shape index (κ2) is 5.60. The molecule has 3 nitrogen and oxygen atoms in total. The van der Waals surface area contributed by atoms with Crippen molar-refractivity contribution in [3.8, 4) is 0 Å². The first kappa shape index (κ1) is 14.8. The smallest absolute Gasteiger partial charge is 0.164 e. The van der Waals surface area contributed by atoms with Gasteiger partial charge in [0.05, 0.1) is 6.10 Å². The Balaban J connectivity index is 1.70. The zero-order valence-corrected chi connectivity index (χ0v) is 13.1. The molecule has 1 N–H and O–H groups in total. The Hall–Kier alpha value is -0.0900. The lowest BCUT2D eigenvalue weighted by atomic mass is 9.77. The highest BCUT2D eigenvalue weighted by Crippen LogP contribution is 2.43. The first-order chi connectivity index (χ1) is 9.46. The molecule has 0 radical (unpaired) electrons. The lowest BCUT2D eigenvalue weighted by Crippen LogP contribution is -2.44. The quantitative estimate of drug-likeness (QED) is 0.847. The van der Waals surface area contributed by atoms with Crippen molar-refractivity contribution in [3.63, 3.8) is 0 Å². The number of fused-ring (bicyclic) bond motifs is 1. The molecule has 1 aliphatic heterocycles. The Morgan fingerprint density at radius 1 is 1.25 bits per heavy atom. The number of aliphatic hydroxyl groups is 1. The first-order valence-electron chi connectivity index (χ1n) is 7.87. The summed E-state index contributed by atoms with van der Waals surface area (Å²) in [6.45, 7) is 3.75. The fourth-order valence-corrected chi connectivity index (χ4v) is 4.24. The minimum absolute atomic E-state index is 0.101. The van der Waals surface area contributed by atoms with Crippen molar-refractivity contribution >= 4 is 11.6 Å². The number of aliphatic hydroxyl groups excluding tert-OH is 1. The molecule has 1 heterocycles. The molecule has 0 spiro atoms. The van der Waals surface area contributed by atoms with Crippen molar-refractivity contribution in [2.45, 2.75) is 76.5 Å². The zero-order chi connectivity index (χ0) is 14.3. The maximum absolute atomic E-state index is 10.6. The van der Waals surface area contributed by atoms with Gasteiger partial charge in [0.1, 0.15) is 12.2 Å². The van der Waals surface area contributed by atoms with Gasteiger partial charge in [-0.25, -0.2) is 0 Å². The van der Waals surface area contributed by atoms with Crippen molar-refractivity contribution in [1.82, 2.24) is 0 Å². The van der Waals surface area contributed by atoms with Crippen LogP contribution in [0.25, 0.3) is 0 Å². The number of ether oxygens (including phenoxy) is 2. The second-order valence-electron chi connectivity index (χ2n) is 6.97. The molecule has 3 rings (SSSR count). The van der Waals surface area contributed by atoms with Crippen LogP contribution in [0.3, 0.4) is 0 Å². The van der Waals surface area contributed by atoms with E-state index in [1.807, 2.05) is 19.9 Å². The molecule has 0 unspecified atom stereocenters. The summed E-state index contributed by atoms with van der Waals surface area (Å²) in [5, 5.41) is 11.3. The van der Waals surface area contributed by atoms with Crippen molar-refractivity contribution in [2.75, 3.05) is 0 Å². The average molecular weight is 301 g/mol. The van der Waals surface area contributed by atoms with Gasteiger partial charge in [0, 0.05) is 11.0 Å². The van der Waals surface area contributed by atoms with E-state index in [-0.39, 0.29) is 18.1 Å². The van der Waals surface area contributed by atoms with Crippen LogP contribution in [0.2, 0.25) is 0 Å². The predicted molar refractivity (Wildman–Crippen MR) is 78.4 cm³/mol. The van der Waals surface area contributed by atoms with E-state index in [4.69, 9.17) is 21.1 Å². The second-order valence-corrected chi connectivity index (χ2v) is 7.40. The summed E-state index contributed by atoms with van der Waals surface area (Å²) in [4.78, 5) is 0. The third-order valence-electron chi connectivity index (χ3n) is 4.88. The third-order valence-corrected chi connectivity index (χ3v) is 5.22. The van der Waals surface area contributed by atoms with Crippen LogP contribution in [0, 0.1) is 11.8 Å². The van der Waals surface area contributed by atoms with Gasteiger partial charge in [-0.3, -0.25) is 0 Å². The molecule has 0 aromatic rings. The maximum Gasteiger partial charge on any atom is 0.164 e. The van der Waals surface area contributed by atoms with Crippen molar-refractivity contribution < 1.29 is 14.6 Å². The molecule has 0 aromatic carbocycles. The molecular weight excluding hydrogens is 276 g/mol. The van der Waals surface area contributed by atoms with Gasteiger partial charge in [0.2, 0.25) is 0 Å². The summed E-state index contributed by atoms with van der Waals surface area (Å²) in [5.41, 5.74) is 0. The Kier molecular flexibility index (Phi) is 4.15. The van der Waals surface area contributed by atoms with Crippen LogP contribution in [0.1, 0.15) is 52.4 Å². The number of halogens is 1. The minimum Gasteiger partial charge on any atom is -0.390 e. The van der Waals surface area contributed by atoms with E-state index in [9.17, 15) is 5.11 Å². The van der Waals surface area contributed by atoms with Gasteiger partial charge in [0.25, 0.3) is 0 Å². The highest BCUT2D eigenvalue weighted by atomic mass is 35.5. The van der Waals surface area contributed by atoms with E-state index in [0.717, 1.165) is 12.3 Å². The molecule has 3 aliphatic rings. The van der Waals surface area contributed by atoms with Crippen LogP contribution in [0.5, 0.6) is 0 Å². The van der Waals surface area contributed by atoms with Crippen LogP contribution in [-0.4, -0.2) is 29.2 Å². The van der Waals surface area contributed by atoms with Gasteiger partial charge < -0.3 is 14.6 Å². The standard InChI is InChI=1S/C16H25ClO3/c1-16(2)19-14-12(17)9-11(13(18)15(14)20-16)8-10-6-4-3-5-7-10/h9-11,13-15,18H,3-8H2,1-2H3/t11-,13+,14+,15-/m0/s1. The van der Waals surface area contributed by atoms with Gasteiger partial charge in [-0.2, -0.15) is 0 Å². The van der Waals surface area contributed by atoms with Crippen molar-refractivity contribution in [1.29, 1.82) is 0 Å². The van der Waals surface area contributed by atoms with Gasteiger partial charge in [0.15, 0.2) is 5.79 Å². The molecule has 4 heteroatoms.